The van der Waals surface area contributed by atoms with Crippen LogP contribution in [0, 0.1) is 0 Å². The number of nitrogens with one attached hydrogen (secondary N) is 1. The first-order valence-electron chi connectivity index (χ1n) is 15.1. The van der Waals surface area contributed by atoms with Gasteiger partial charge in [0.15, 0.2) is 0 Å². The number of carbonyl (C=O) groups excluding carboxylic acids is 1. The van der Waals surface area contributed by atoms with Crippen molar-refractivity contribution in [2.75, 3.05) is 42.9 Å². The Kier molecular flexibility index (Phi) is 7.18. The van der Waals surface area contributed by atoms with Crippen molar-refractivity contribution in [3.63, 3.8) is 0 Å². The fraction of sp³-hybridized carbons (Fsp3) is 0.243. The van der Waals surface area contributed by atoms with Gasteiger partial charge in [-0.15, -0.1) is 0 Å². The number of nitrogens with zero attached hydrogens (tertiary/aromatic N) is 3. The Bertz CT molecular complexity index is 1660. The van der Waals surface area contributed by atoms with Crippen LogP contribution in [0.4, 0.5) is 11.5 Å². The van der Waals surface area contributed by atoms with Crippen LogP contribution in [-0.2, 0) is 10.2 Å². The Morgan fingerprint density at radius 1 is 0.690 bits per heavy atom. The first kappa shape index (κ1) is 26.4. The molecular formula is C37H36N4O. The van der Waals surface area contributed by atoms with E-state index in [4.69, 9.17) is 4.98 Å². The van der Waals surface area contributed by atoms with Crippen molar-refractivity contribution < 1.29 is 4.79 Å². The second kappa shape index (κ2) is 11.4. The third-order valence-corrected chi connectivity index (χ3v) is 9.04. The highest BCUT2D eigenvalue weighted by Crippen LogP contribution is 2.52. The number of para-hydroxylation sites is 2. The van der Waals surface area contributed by atoms with Crippen LogP contribution in [0.15, 0.2) is 115 Å². The molecule has 210 valence electrons. The van der Waals surface area contributed by atoms with E-state index in [9.17, 15) is 4.79 Å². The predicted octanol–water partition coefficient (Wildman–Crippen LogP) is 7.13. The molecule has 2 aliphatic rings. The van der Waals surface area contributed by atoms with E-state index in [1.165, 1.54) is 16.5 Å². The van der Waals surface area contributed by atoms with E-state index >= 15 is 0 Å². The van der Waals surface area contributed by atoms with Crippen LogP contribution in [-0.4, -0.2) is 48.5 Å². The van der Waals surface area contributed by atoms with Crippen LogP contribution in [0.5, 0.6) is 0 Å². The summed E-state index contributed by atoms with van der Waals surface area (Å²) in [5, 5.41) is 4.45. The van der Waals surface area contributed by atoms with Crippen LogP contribution < -0.4 is 10.2 Å². The molecule has 0 saturated carbocycles. The van der Waals surface area contributed by atoms with Crippen LogP contribution in [0.1, 0.15) is 30.4 Å². The molecule has 0 radical (unpaired) electrons. The van der Waals surface area contributed by atoms with Gasteiger partial charge in [-0.05, 0) is 72.0 Å². The zero-order valence-corrected chi connectivity index (χ0v) is 23.9. The number of hydrogen-bond donors (Lipinski definition) is 1. The van der Waals surface area contributed by atoms with Crippen LogP contribution in [0.25, 0.3) is 22.0 Å². The van der Waals surface area contributed by atoms with Crippen molar-refractivity contribution in [1.29, 1.82) is 0 Å². The highest BCUT2D eigenvalue weighted by atomic mass is 16.2. The summed E-state index contributed by atoms with van der Waals surface area (Å²) in [5.41, 5.74) is 5.78. The molecule has 1 N–H and O–H groups in total. The molecule has 0 unspecified atom stereocenters. The number of pyridine rings is 1. The quantitative estimate of drug-likeness (QED) is 0.208. The maximum Gasteiger partial charge on any atom is 0.239 e. The lowest BCUT2D eigenvalue weighted by Crippen LogP contribution is -2.47. The summed E-state index contributed by atoms with van der Waals surface area (Å²) in [6, 6.07) is 39.4. The van der Waals surface area contributed by atoms with Crippen molar-refractivity contribution in [1.82, 2.24) is 9.88 Å². The molecule has 4 aromatic carbocycles. The Morgan fingerprint density at radius 2 is 1.33 bits per heavy atom. The zero-order chi connectivity index (χ0) is 28.4. The van der Waals surface area contributed by atoms with Crippen LogP contribution in [0.2, 0.25) is 0 Å². The molecule has 1 fully saturated rings. The van der Waals surface area contributed by atoms with Crippen molar-refractivity contribution >= 4 is 28.3 Å². The van der Waals surface area contributed by atoms with E-state index in [0.717, 1.165) is 80.1 Å². The fourth-order valence-corrected chi connectivity index (χ4v) is 6.87. The maximum absolute atomic E-state index is 14.3. The predicted molar refractivity (Wildman–Crippen MR) is 172 cm³/mol. The van der Waals surface area contributed by atoms with E-state index < -0.39 is 5.41 Å². The van der Waals surface area contributed by atoms with E-state index in [-0.39, 0.29) is 5.91 Å². The minimum atomic E-state index is -0.705. The number of benzene rings is 4. The summed E-state index contributed by atoms with van der Waals surface area (Å²) in [5.74, 6) is 1.13. The molecule has 42 heavy (non-hydrogen) atoms. The van der Waals surface area contributed by atoms with Gasteiger partial charge in [0.2, 0.25) is 5.91 Å². The normalized spacial score (nSPS) is 15.8. The summed E-state index contributed by atoms with van der Waals surface area (Å²) in [6.07, 6.45) is 2.80. The number of piperazine rings is 1. The molecule has 1 aromatic heterocycles. The van der Waals surface area contributed by atoms with Gasteiger partial charge in [0.05, 0.1) is 5.52 Å². The second-order valence-electron chi connectivity index (χ2n) is 11.5. The number of carbonyl (C=O) groups is 1. The van der Waals surface area contributed by atoms with Crippen molar-refractivity contribution in [2.45, 2.75) is 24.7 Å². The van der Waals surface area contributed by atoms with Gasteiger partial charge in [-0.3, -0.25) is 9.69 Å². The SMILES string of the molecule is O=C(Nc1ccccc1)C1(CCCCN2CCN(c3ccc4ccccc4n3)CC2)c2ccccc2-c2ccccc21. The van der Waals surface area contributed by atoms with Gasteiger partial charge < -0.3 is 10.2 Å². The second-order valence-corrected chi connectivity index (χ2v) is 11.5. The summed E-state index contributed by atoms with van der Waals surface area (Å²) >= 11 is 0. The molecule has 0 spiro atoms. The highest BCUT2D eigenvalue weighted by Gasteiger charge is 2.48. The number of anilines is 2. The van der Waals surface area contributed by atoms with Crippen LogP contribution in [0.3, 0.4) is 0 Å². The average Bonchev–Trinajstić information content (AvgIpc) is 3.34. The third kappa shape index (κ3) is 4.84. The molecule has 2 heterocycles. The lowest BCUT2D eigenvalue weighted by Gasteiger charge is -2.36. The lowest BCUT2D eigenvalue weighted by atomic mass is 9.73. The minimum absolute atomic E-state index is 0.0580. The van der Waals surface area contributed by atoms with E-state index in [0.29, 0.717) is 0 Å². The monoisotopic (exact) mass is 552 g/mol. The van der Waals surface area contributed by atoms with Gasteiger partial charge in [-0.2, -0.15) is 0 Å². The number of rotatable bonds is 8. The smallest absolute Gasteiger partial charge is 0.239 e. The molecule has 0 bridgehead atoms. The molecule has 1 saturated heterocycles. The van der Waals surface area contributed by atoms with Gasteiger partial charge >= 0.3 is 0 Å². The largest absolute Gasteiger partial charge is 0.354 e. The Labute approximate surface area is 247 Å². The molecule has 1 aliphatic carbocycles. The fourth-order valence-electron chi connectivity index (χ4n) is 6.87. The molecule has 5 heteroatoms. The van der Waals surface area contributed by atoms with Crippen molar-refractivity contribution in [3.8, 4) is 11.1 Å². The van der Waals surface area contributed by atoms with E-state index in [2.05, 4.69) is 100 Å². The summed E-state index contributed by atoms with van der Waals surface area (Å²) < 4.78 is 0. The summed E-state index contributed by atoms with van der Waals surface area (Å²) in [6.45, 7) is 5.06. The molecule has 7 rings (SSSR count). The Balaban J connectivity index is 1.04. The Morgan fingerprint density at radius 3 is 2.07 bits per heavy atom. The van der Waals surface area contributed by atoms with Crippen LogP contribution >= 0.6 is 0 Å². The maximum atomic E-state index is 14.3. The van der Waals surface area contributed by atoms with E-state index in [1.807, 2.05) is 30.3 Å². The number of hydrogen-bond acceptors (Lipinski definition) is 4. The van der Waals surface area contributed by atoms with Gasteiger partial charge in [0, 0.05) is 37.3 Å². The number of fused-ring (bicyclic) bond motifs is 4. The van der Waals surface area contributed by atoms with Gasteiger partial charge in [0.1, 0.15) is 11.2 Å². The first-order valence-corrected chi connectivity index (χ1v) is 15.1. The topological polar surface area (TPSA) is 48.5 Å². The van der Waals surface area contributed by atoms with Gasteiger partial charge in [-0.1, -0.05) is 91.3 Å². The van der Waals surface area contributed by atoms with Gasteiger partial charge in [0.25, 0.3) is 0 Å². The summed E-state index contributed by atoms with van der Waals surface area (Å²) in [7, 11) is 0. The third-order valence-electron chi connectivity index (χ3n) is 9.04. The molecule has 5 aromatic rings. The minimum Gasteiger partial charge on any atom is -0.354 e. The number of amides is 1. The van der Waals surface area contributed by atoms with Gasteiger partial charge in [-0.25, -0.2) is 4.98 Å². The van der Waals surface area contributed by atoms with Crippen molar-refractivity contribution in [3.05, 3.63) is 126 Å². The summed E-state index contributed by atoms with van der Waals surface area (Å²) in [4.78, 5) is 24.1. The highest BCUT2D eigenvalue weighted by molar-refractivity contribution is 6.07. The Hall–Kier alpha value is -4.48. The molecule has 1 aliphatic heterocycles. The van der Waals surface area contributed by atoms with E-state index in [1.54, 1.807) is 0 Å². The van der Waals surface area contributed by atoms with Crippen molar-refractivity contribution in [2.24, 2.45) is 0 Å². The standard InChI is InChI=1S/C37H36N4O/c42-36(38-29-13-2-1-3-14-29)37(32-17-7-5-15-30(32)31-16-6-8-18-33(31)37)22-10-11-23-40-24-26-41(27-25-40)35-21-20-28-12-4-9-19-34(28)39-35/h1-9,12-21H,10-11,22-27H2,(H,38,42). The molecule has 1 amide bonds. The average molecular weight is 553 g/mol. The molecular weight excluding hydrogens is 516 g/mol. The number of aromatic nitrogens is 1. The number of unbranched alkanes of at least 4 members (excludes halogenated alkanes) is 1. The molecule has 5 nitrogen and oxygen atoms in total. The molecule has 0 atom stereocenters. The zero-order valence-electron chi connectivity index (χ0n) is 23.9. The first-order chi connectivity index (χ1) is 20.7. The lowest BCUT2D eigenvalue weighted by molar-refractivity contribution is -0.120.